The normalized spacial score (nSPS) is 13.1. The third-order valence-electron chi connectivity index (χ3n) is 2.10. The summed E-state index contributed by atoms with van der Waals surface area (Å²) in [4.78, 5) is 22.4. The molecule has 5 nitrogen and oxygen atoms in total. The first-order valence-electron chi connectivity index (χ1n) is 5.23. The maximum absolute atomic E-state index is 11.4. The molecule has 17 heavy (non-hydrogen) atoms. The van der Waals surface area contributed by atoms with Crippen LogP contribution in [0.2, 0.25) is 0 Å². The molecular formula is C11H18NNaO4. The standard InChI is InChI=1S/C11H17NO4.Na.H/c1-4-16-11(15)9(10(13)14)8(6-12)5-7(2)3;;/h7-9H,4-5H2,1-3H3,(H,13,14);;/q;+1;-1/t8-,9?;;/m1../s1. The van der Waals surface area contributed by atoms with E-state index in [0.717, 1.165) is 0 Å². The zero-order valence-electron chi connectivity index (χ0n) is 11.8. The fourth-order valence-electron chi connectivity index (χ4n) is 1.44. The van der Waals surface area contributed by atoms with Gasteiger partial charge in [-0.1, -0.05) is 13.8 Å². The Labute approximate surface area is 125 Å². The topological polar surface area (TPSA) is 87.4 Å². The Morgan fingerprint density at radius 3 is 2.29 bits per heavy atom. The number of hydrogen-bond donors (Lipinski definition) is 1. The minimum Gasteiger partial charge on any atom is -1.00 e. The van der Waals surface area contributed by atoms with E-state index in [2.05, 4.69) is 4.74 Å². The van der Waals surface area contributed by atoms with Crippen LogP contribution in [0.1, 0.15) is 28.6 Å². The van der Waals surface area contributed by atoms with Crippen LogP contribution in [0.5, 0.6) is 0 Å². The van der Waals surface area contributed by atoms with Crippen molar-refractivity contribution in [3.63, 3.8) is 0 Å². The Hall–Kier alpha value is -0.570. The van der Waals surface area contributed by atoms with Gasteiger partial charge in [0.05, 0.1) is 18.6 Å². The van der Waals surface area contributed by atoms with E-state index >= 15 is 0 Å². The van der Waals surface area contributed by atoms with Crippen molar-refractivity contribution in [1.29, 1.82) is 5.26 Å². The number of nitrogens with zero attached hydrogens (tertiary/aromatic N) is 1. The first-order valence-corrected chi connectivity index (χ1v) is 5.23. The first-order chi connectivity index (χ1) is 7.43. The minimum absolute atomic E-state index is 0. The molecule has 0 bridgehead atoms. The molecule has 0 radical (unpaired) electrons. The fraction of sp³-hybridized carbons (Fsp3) is 0.727. The average molecular weight is 251 g/mol. The largest absolute Gasteiger partial charge is 1.00 e. The summed E-state index contributed by atoms with van der Waals surface area (Å²) in [6, 6.07) is 1.87. The van der Waals surface area contributed by atoms with Gasteiger partial charge in [-0.15, -0.1) is 0 Å². The summed E-state index contributed by atoms with van der Waals surface area (Å²) >= 11 is 0. The van der Waals surface area contributed by atoms with Crippen LogP contribution in [0.3, 0.4) is 0 Å². The zero-order chi connectivity index (χ0) is 12.7. The molecule has 0 aliphatic heterocycles. The van der Waals surface area contributed by atoms with Gasteiger partial charge >= 0.3 is 41.5 Å². The van der Waals surface area contributed by atoms with Gasteiger partial charge in [0.15, 0.2) is 5.92 Å². The first kappa shape index (κ1) is 18.8. The number of hydrogen-bond acceptors (Lipinski definition) is 4. The van der Waals surface area contributed by atoms with E-state index in [9.17, 15) is 9.59 Å². The molecule has 0 saturated carbocycles. The quantitative estimate of drug-likeness (QED) is 0.354. The number of carbonyl (C=O) groups excluding carboxylic acids is 1. The predicted molar refractivity (Wildman–Crippen MR) is 57.4 cm³/mol. The molecule has 0 aliphatic carbocycles. The van der Waals surface area contributed by atoms with Gasteiger partial charge in [0.1, 0.15) is 0 Å². The zero-order valence-corrected chi connectivity index (χ0v) is 12.8. The van der Waals surface area contributed by atoms with Crippen LogP contribution in [-0.4, -0.2) is 23.7 Å². The van der Waals surface area contributed by atoms with Gasteiger partial charge in [-0.25, -0.2) is 0 Å². The number of aliphatic carboxylic acids is 1. The van der Waals surface area contributed by atoms with Gasteiger partial charge in [-0.3, -0.25) is 9.59 Å². The molecule has 0 aromatic carbocycles. The van der Waals surface area contributed by atoms with Crippen LogP contribution in [0.25, 0.3) is 0 Å². The molecule has 0 heterocycles. The van der Waals surface area contributed by atoms with Crippen molar-refractivity contribution >= 4 is 11.9 Å². The summed E-state index contributed by atoms with van der Waals surface area (Å²) in [5.41, 5.74) is 0. The molecule has 0 saturated heterocycles. The van der Waals surface area contributed by atoms with Crippen LogP contribution in [-0.2, 0) is 14.3 Å². The summed E-state index contributed by atoms with van der Waals surface area (Å²) in [6.45, 7) is 5.45. The molecule has 0 fully saturated rings. The van der Waals surface area contributed by atoms with Crippen molar-refractivity contribution in [1.82, 2.24) is 0 Å². The second-order valence-electron chi connectivity index (χ2n) is 3.93. The smallest absolute Gasteiger partial charge is 1.00 e. The Bertz CT molecular complexity index is 304. The summed E-state index contributed by atoms with van der Waals surface area (Å²) in [6.07, 6.45) is 0.367. The molecule has 2 atom stereocenters. The molecule has 0 rings (SSSR count). The van der Waals surface area contributed by atoms with E-state index in [4.69, 9.17) is 10.4 Å². The van der Waals surface area contributed by atoms with Crippen LogP contribution in [0.15, 0.2) is 0 Å². The Balaban J connectivity index is -0.00000112. The summed E-state index contributed by atoms with van der Waals surface area (Å²) < 4.78 is 4.66. The van der Waals surface area contributed by atoms with E-state index in [1.54, 1.807) is 6.92 Å². The van der Waals surface area contributed by atoms with Gasteiger partial charge in [0.2, 0.25) is 0 Å². The molecule has 0 amide bonds. The molecule has 0 aliphatic rings. The molecule has 0 aromatic heterocycles. The number of nitriles is 1. The SMILES string of the molecule is CCOC(=O)C(C(=O)O)[C@@H](C#N)CC(C)C.[H-].[Na+]. The monoisotopic (exact) mass is 251 g/mol. The van der Waals surface area contributed by atoms with Crippen molar-refractivity contribution in [3.05, 3.63) is 0 Å². The fourth-order valence-corrected chi connectivity index (χ4v) is 1.44. The third-order valence-corrected chi connectivity index (χ3v) is 2.10. The number of carbonyl (C=O) groups is 2. The number of esters is 1. The van der Waals surface area contributed by atoms with E-state index in [1.807, 2.05) is 19.9 Å². The van der Waals surface area contributed by atoms with Gasteiger partial charge in [0.25, 0.3) is 0 Å². The molecule has 1 unspecified atom stereocenters. The van der Waals surface area contributed by atoms with Crippen molar-refractivity contribution in [2.45, 2.75) is 27.2 Å². The number of carboxylic acid groups (broad SMARTS) is 1. The third kappa shape index (κ3) is 6.67. The van der Waals surface area contributed by atoms with E-state index in [1.165, 1.54) is 0 Å². The van der Waals surface area contributed by atoms with Crippen LogP contribution in [0, 0.1) is 29.1 Å². The van der Waals surface area contributed by atoms with E-state index in [-0.39, 0.29) is 43.5 Å². The molecule has 0 spiro atoms. The van der Waals surface area contributed by atoms with E-state index < -0.39 is 23.8 Å². The maximum atomic E-state index is 11.4. The molecular weight excluding hydrogens is 233 g/mol. The second-order valence-corrected chi connectivity index (χ2v) is 3.93. The Morgan fingerprint density at radius 2 is 2.00 bits per heavy atom. The van der Waals surface area contributed by atoms with Gasteiger partial charge in [-0.2, -0.15) is 5.26 Å². The van der Waals surface area contributed by atoms with Crippen LogP contribution < -0.4 is 29.6 Å². The van der Waals surface area contributed by atoms with Crippen molar-refractivity contribution < 1.29 is 50.4 Å². The minimum atomic E-state index is -1.38. The van der Waals surface area contributed by atoms with Gasteiger partial charge < -0.3 is 11.3 Å². The summed E-state index contributed by atoms with van der Waals surface area (Å²) in [5.74, 6) is -4.20. The van der Waals surface area contributed by atoms with Crippen LogP contribution >= 0.6 is 0 Å². The Morgan fingerprint density at radius 1 is 1.47 bits per heavy atom. The Kier molecular flexibility index (Phi) is 10.5. The number of ether oxygens (including phenoxy) is 1. The molecule has 6 heteroatoms. The number of rotatable bonds is 6. The molecule has 1 N–H and O–H groups in total. The molecule has 0 aromatic rings. The van der Waals surface area contributed by atoms with Gasteiger partial charge in [0, 0.05) is 0 Å². The maximum Gasteiger partial charge on any atom is 1.00 e. The average Bonchev–Trinajstić information content (AvgIpc) is 2.15. The van der Waals surface area contributed by atoms with E-state index in [0.29, 0.717) is 6.42 Å². The van der Waals surface area contributed by atoms with Crippen molar-refractivity contribution in [3.8, 4) is 6.07 Å². The van der Waals surface area contributed by atoms with Crippen LogP contribution in [0.4, 0.5) is 0 Å². The second kappa shape index (κ2) is 9.46. The van der Waals surface area contributed by atoms with Crippen molar-refractivity contribution in [2.75, 3.05) is 6.61 Å². The van der Waals surface area contributed by atoms with Crippen molar-refractivity contribution in [2.24, 2.45) is 17.8 Å². The number of carboxylic acids is 1. The van der Waals surface area contributed by atoms with Gasteiger partial charge in [-0.05, 0) is 19.3 Å². The summed E-state index contributed by atoms with van der Waals surface area (Å²) in [7, 11) is 0. The predicted octanol–water partition coefficient (Wildman–Crippen LogP) is -1.45. The molecule has 92 valence electrons. The summed E-state index contributed by atoms with van der Waals surface area (Å²) in [5, 5.41) is 17.8.